The first kappa shape index (κ1) is 16.6. The number of rotatable bonds is 3. The largest absolute Gasteiger partial charge is 0.508 e. The summed E-state index contributed by atoms with van der Waals surface area (Å²) in [6, 6.07) is 12.6. The molecule has 0 unspecified atom stereocenters. The van der Waals surface area contributed by atoms with Crippen molar-refractivity contribution in [3.05, 3.63) is 59.7 Å². The molecule has 1 saturated heterocycles. The number of aromatic hydroxyl groups is 1. The summed E-state index contributed by atoms with van der Waals surface area (Å²) in [4.78, 5) is 4.22. The van der Waals surface area contributed by atoms with Crippen LogP contribution in [0.2, 0.25) is 0 Å². The van der Waals surface area contributed by atoms with Gasteiger partial charge in [-0.25, -0.2) is 0 Å². The van der Waals surface area contributed by atoms with Gasteiger partial charge in [0.2, 0.25) is 0 Å². The van der Waals surface area contributed by atoms with Crippen LogP contribution in [0.1, 0.15) is 11.1 Å². The van der Waals surface area contributed by atoms with Gasteiger partial charge in [-0.15, -0.1) is 0 Å². The molecule has 3 nitrogen and oxygen atoms in total. The minimum atomic E-state index is -4.31. The molecular formula is C18H19F3N2O. The summed E-state index contributed by atoms with van der Waals surface area (Å²) in [5.74, 6) is 0.245. The van der Waals surface area contributed by atoms with Gasteiger partial charge in [0.15, 0.2) is 0 Å². The van der Waals surface area contributed by atoms with Crippen LogP contribution in [0.5, 0.6) is 5.75 Å². The van der Waals surface area contributed by atoms with Crippen molar-refractivity contribution in [2.75, 3.05) is 31.1 Å². The Morgan fingerprint density at radius 1 is 0.917 bits per heavy atom. The van der Waals surface area contributed by atoms with Gasteiger partial charge >= 0.3 is 6.18 Å². The van der Waals surface area contributed by atoms with E-state index in [0.29, 0.717) is 18.8 Å². The third-order valence-corrected chi connectivity index (χ3v) is 4.23. The fourth-order valence-corrected chi connectivity index (χ4v) is 2.96. The van der Waals surface area contributed by atoms with E-state index in [0.717, 1.165) is 31.3 Å². The van der Waals surface area contributed by atoms with Gasteiger partial charge in [-0.1, -0.05) is 18.2 Å². The molecule has 1 heterocycles. The molecule has 0 aromatic heterocycles. The molecule has 1 aliphatic rings. The standard InChI is InChI=1S/C18H19F3N2O/c19-18(20,21)15-4-2-5-16(12-15)23-9-7-22(8-10-23)13-14-3-1-6-17(24)11-14/h1-6,11-12,24H,7-10,13H2. The van der Waals surface area contributed by atoms with Crippen molar-refractivity contribution in [2.24, 2.45) is 0 Å². The lowest BCUT2D eigenvalue weighted by molar-refractivity contribution is -0.137. The summed E-state index contributed by atoms with van der Waals surface area (Å²) in [6.45, 7) is 3.63. The highest BCUT2D eigenvalue weighted by molar-refractivity contribution is 5.49. The van der Waals surface area contributed by atoms with Gasteiger partial charge < -0.3 is 10.0 Å². The van der Waals surface area contributed by atoms with Gasteiger partial charge in [-0.05, 0) is 35.9 Å². The number of piperazine rings is 1. The summed E-state index contributed by atoms with van der Waals surface area (Å²) >= 11 is 0. The van der Waals surface area contributed by atoms with E-state index in [9.17, 15) is 18.3 Å². The molecule has 0 aliphatic carbocycles. The van der Waals surface area contributed by atoms with Crippen molar-refractivity contribution >= 4 is 5.69 Å². The third kappa shape index (κ3) is 4.00. The van der Waals surface area contributed by atoms with Crippen molar-refractivity contribution in [3.8, 4) is 5.75 Å². The van der Waals surface area contributed by atoms with Gasteiger partial charge in [0.25, 0.3) is 0 Å². The highest BCUT2D eigenvalue weighted by Gasteiger charge is 2.31. The van der Waals surface area contributed by atoms with E-state index >= 15 is 0 Å². The summed E-state index contributed by atoms with van der Waals surface area (Å²) in [7, 11) is 0. The smallest absolute Gasteiger partial charge is 0.416 e. The predicted octanol–water partition coefficient (Wildman–Crippen LogP) is 3.73. The zero-order chi connectivity index (χ0) is 17.2. The molecule has 1 fully saturated rings. The van der Waals surface area contributed by atoms with Crippen LogP contribution >= 0.6 is 0 Å². The lowest BCUT2D eigenvalue weighted by Gasteiger charge is -2.36. The first-order valence-electron chi connectivity index (χ1n) is 7.84. The molecule has 0 saturated carbocycles. The highest BCUT2D eigenvalue weighted by atomic mass is 19.4. The Labute approximate surface area is 138 Å². The van der Waals surface area contributed by atoms with E-state index in [2.05, 4.69) is 4.90 Å². The summed E-state index contributed by atoms with van der Waals surface area (Å²) in [5, 5.41) is 9.51. The third-order valence-electron chi connectivity index (χ3n) is 4.23. The number of phenols is 1. The number of benzene rings is 2. The molecular weight excluding hydrogens is 317 g/mol. The van der Waals surface area contributed by atoms with Gasteiger partial charge in [-0.2, -0.15) is 13.2 Å². The van der Waals surface area contributed by atoms with Crippen LogP contribution < -0.4 is 4.90 Å². The van der Waals surface area contributed by atoms with Gasteiger partial charge in [0.1, 0.15) is 5.75 Å². The Balaban J connectivity index is 1.61. The number of phenolic OH excluding ortho intramolecular Hbond substituents is 1. The van der Waals surface area contributed by atoms with Crippen molar-refractivity contribution in [2.45, 2.75) is 12.7 Å². The van der Waals surface area contributed by atoms with Crippen LogP contribution in [0.3, 0.4) is 0 Å². The van der Waals surface area contributed by atoms with Gasteiger partial charge in [0.05, 0.1) is 5.56 Å². The number of nitrogens with zero attached hydrogens (tertiary/aromatic N) is 2. The molecule has 6 heteroatoms. The Hall–Kier alpha value is -2.21. The molecule has 0 bridgehead atoms. The summed E-state index contributed by atoms with van der Waals surface area (Å²) in [5.41, 5.74) is 1.03. The van der Waals surface area contributed by atoms with E-state index in [-0.39, 0.29) is 5.75 Å². The van der Waals surface area contributed by atoms with E-state index in [4.69, 9.17) is 0 Å². The first-order chi connectivity index (χ1) is 11.4. The minimum absolute atomic E-state index is 0.245. The van der Waals surface area contributed by atoms with Gasteiger partial charge in [0, 0.05) is 38.4 Å². The van der Waals surface area contributed by atoms with Crippen molar-refractivity contribution in [1.82, 2.24) is 4.90 Å². The summed E-state index contributed by atoms with van der Waals surface area (Å²) < 4.78 is 38.5. The van der Waals surface area contributed by atoms with Crippen molar-refractivity contribution in [3.63, 3.8) is 0 Å². The van der Waals surface area contributed by atoms with E-state index < -0.39 is 11.7 Å². The quantitative estimate of drug-likeness (QED) is 0.925. The number of alkyl halides is 3. The average Bonchev–Trinajstić information content (AvgIpc) is 2.55. The summed E-state index contributed by atoms with van der Waals surface area (Å²) in [6.07, 6.45) is -4.31. The maximum Gasteiger partial charge on any atom is 0.416 e. The lowest BCUT2D eigenvalue weighted by atomic mass is 10.1. The molecule has 0 radical (unpaired) electrons. The van der Waals surface area contributed by atoms with Crippen molar-refractivity contribution < 1.29 is 18.3 Å². The van der Waals surface area contributed by atoms with E-state index in [1.807, 2.05) is 17.0 Å². The Kier molecular flexibility index (Phi) is 4.66. The molecule has 0 spiro atoms. The zero-order valence-electron chi connectivity index (χ0n) is 13.1. The average molecular weight is 336 g/mol. The zero-order valence-corrected chi connectivity index (χ0v) is 13.1. The monoisotopic (exact) mass is 336 g/mol. The topological polar surface area (TPSA) is 26.7 Å². The van der Waals surface area contributed by atoms with E-state index in [1.54, 1.807) is 18.2 Å². The molecule has 2 aromatic carbocycles. The first-order valence-corrected chi connectivity index (χ1v) is 7.84. The highest BCUT2D eigenvalue weighted by Crippen LogP contribution is 2.31. The Bertz CT molecular complexity index is 695. The van der Waals surface area contributed by atoms with Crippen LogP contribution in [-0.4, -0.2) is 36.2 Å². The number of hydrogen-bond donors (Lipinski definition) is 1. The second kappa shape index (κ2) is 6.73. The van der Waals surface area contributed by atoms with Crippen LogP contribution in [0, 0.1) is 0 Å². The number of anilines is 1. The Morgan fingerprint density at radius 3 is 2.29 bits per heavy atom. The molecule has 0 amide bonds. The number of halogens is 3. The SMILES string of the molecule is Oc1cccc(CN2CCN(c3cccc(C(F)(F)F)c3)CC2)c1. The molecule has 3 rings (SSSR count). The molecule has 1 N–H and O–H groups in total. The second-order valence-corrected chi connectivity index (χ2v) is 5.98. The normalized spacial score (nSPS) is 16.4. The van der Waals surface area contributed by atoms with Crippen molar-refractivity contribution in [1.29, 1.82) is 0 Å². The molecule has 1 aliphatic heterocycles. The van der Waals surface area contributed by atoms with Crippen LogP contribution in [0.15, 0.2) is 48.5 Å². The van der Waals surface area contributed by atoms with Gasteiger partial charge in [-0.3, -0.25) is 4.90 Å². The van der Waals surface area contributed by atoms with E-state index in [1.165, 1.54) is 12.1 Å². The Morgan fingerprint density at radius 2 is 1.62 bits per heavy atom. The molecule has 2 aromatic rings. The minimum Gasteiger partial charge on any atom is -0.508 e. The predicted molar refractivity (Wildman–Crippen MR) is 87.0 cm³/mol. The lowest BCUT2D eigenvalue weighted by Crippen LogP contribution is -2.46. The molecule has 24 heavy (non-hydrogen) atoms. The fraction of sp³-hybridized carbons (Fsp3) is 0.333. The second-order valence-electron chi connectivity index (χ2n) is 5.98. The van der Waals surface area contributed by atoms with Crippen LogP contribution in [0.25, 0.3) is 0 Å². The molecule has 128 valence electrons. The fourth-order valence-electron chi connectivity index (χ4n) is 2.96. The maximum atomic E-state index is 12.8. The molecule has 0 atom stereocenters. The maximum absolute atomic E-state index is 12.8. The number of hydrogen-bond acceptors (Lipinski definition) is 3. The van der Waals surface area contributed by atoms with Crippen LogP contribution in [-0.2, 0) is 12.7 Å². The van der Waals surface area contributed by atoms with Crippen LogP contribution in [0.4, 0.5) is 18.9 Å².